The Bertz CT molecular complexity index is 441. The lowest BCUT2D eigenvalue weighted by molar-refractivity contribution is 0.162. The minimum atomic E-state index is -0.246. The predicted octanol–water partition coefficient (Wildman–Crippen LogP) is 4.65. The molecule has 18 heavy (non-hydrogen) atoms. The van der Waals surface area contributed by atoms with E-state index < -0.39 is 0 Å². The Balaban J connectivity index is 2.90. The molecule has 0 saturated heterocycles. The molecule has 0 bridgehead atoms. The molecule has 0 saturated carbocycles. The van der Waals surface area contributed by atoms with Crippen LogP contribution in [0.25, 0.3) is 0 Å². The monoisotopic (exact) mass is 288 g/mol. The van der Waals surface area contributed by atoms with Crippen LogP contribution in [-0.4, -0.2) is 23.0 Å². The molecule has 0 radical (unpaired) electrons. The molecule has 100 valence electrons. The summed E-state index contributed by atoms with van der Waals surface area (Å²) in [5, 5.41) is 3.78. The van der Waals surface area contributed by atoms with E-state index in [2.05, 4.69) is 5.32 Å². The molecule has 0 aliphatic heterocycles. The van der Waals surface area contributed by atoms with Gasteiger partial charge in [0.2, 0.25) is 0 Å². The fourth-order valence-electron chi connectivity index (χ4n) is 1.70. The van der Waals surface area contributed by atoms with Gasteiger partial charge in [-0.1, -0.05) is 23.2 Å². The molecule has 1 aromatic carbocycles. The van der Waals surface area contributed by atoms with Crippen molar-refractivity contribution in [2.24, 2.45) is 0 Å². The van der Waals surface area contributed by atoms with E-state index in [0.717, 1.165) is 0 Å². The first-order chi connectivity index (χ1) is 8.25. The van der Waals surface area contributed by atoms with Gasteiger partial charge in [0, 0.05) is 17.1 Å². The van der Waals surface area contributed by atoms with Crippen molar-refractivity contribution in [3.8, 4) is 0 Å². The van der Waals surface area contributed by atoms with Crippen molar-refractivity contribution >= 4 is 34.9 Å². The van der Waals surface area contributed by atoms with Gasteiger partial charge in [0.15, 0.2) is 0 Å². The number of urea groups is 1. The van der Waals surface area contributed by atoms with Crippen LogP contribution in [0.3, 0.4) is 0 Å². The number of anilines is 1. The smallest absolute Gasteiger partial charge is 0.320 e. The second kappa shape index (κ2) is 5.81. The maximum Gasteiger partial charge on any atom is 0.322 e. The van der Waals surface area contributed by atoms with Crippen LogP contribution >= 0.6 is 23.2 Å². The summed E-state index contributed by atoms with van der Waals surface area (Å²) in [6.45, 7) is 8.50. The summed E-state index contributed by atoms with van der Waals surface area (Å²) >= 11 is 11.9. The summed E-state index contributed by atoms with van der Waals surface area (Å²) in [6.07, 6.45) is 0. The Morgan fingerprint density at radius 2 is 1.94 bits per heavy atom. The molecule has 0 spiro atoms. The normalized spacial score (nSPS) is 11.2. The van der Waals surface area contributed by atoms with Gasteiger partial charge in [-0.25, -0.2) is 4.79 Å². The van der Waals surface area contributed by atoms with E-state index in [0.29, 0.717) is 22.3 Å². The average Bonchev–Trinajstić information content (AvgIpc) is 2.22. The lowest BCUT2D eigenvalue weighted by Gasteiger charge is -2.34. The van der Waals surface area contributed by atoms with Gasteiger partial charge in [-0.15, -0.1) is 0 Å². The van der Waals surface area contributed by atoms with E-state index in [4.69, 9.17) is 23.2 Å². The molecule has 0 heterocycles. The van der Waals surface area contributed by atoms with Gasteiger partial charge in [-0.3, -0.25) is 0 Å². The molecular formula is C13H18Cl2N2O. The van der Waals surface area contributed by atoms with Crippen molar-refractivity contribution in [1.29, 1.82) is 0 Å². The molecule has 2 amide bonds. The highest BCUT2D eigenvalue weighted by Crippen LogP contribution is 2.26. The summed E-state index contributed by atoms with van der Waals surface area (Å²) in [7, 11) is 0. The zero-order chi connectivity index (χ0) is 13.9. The number of carbonyl (C=O) groups excluding carboxylic acids is 1. The van der Waals surface area contributed by atoms with Gasteiger partial charge in [-0.2, -0.15) is 0 Å². The van der Waals surface area contributed by atoms with E-state index in [1.807, 2.05) is 27.7 Å². The van der Waals surface area contributed by atoms with Gasteiger partial charge >= 0.3 is 6.03 Å². The van der Waals surface area contributed by atoms with Crippen LogP contribution in [0.1, 0.15) is 27.7 Å². The van der Waals surface area contributed by atoms with Crippen molar-refractivity contribution in [1.82, 2.24) is 4.90 Å². The Morgan fingerprint density at radius 3 is 2.44 bits per heavy atom. The van der Waals surface area contributed by atoms with Gasteiger partial charge in [0.25, 0.3) is 0 Å². The number of nitrogens with zero attached hydrogens (tertiary/aromatic N) is 1. The third-order valence-corrected chi connectivity index (χ3v) is 3.11. The summed E-state index contributed by atoms with van der Waals surface area (Å²) in [5.41, 5.74) is 0.279. The standard InChI is InChI=1S/C13H18Cl2N2O/c1-5-17(13(2,3)4)12(18)16-11-8-9(14)6-7-10(11)15/h6-8H,5H2,1-4H3,(H,16,18). The molecule has 0 atom stereocenters. The number of benzene rings is 1. The molecule has 3 nitrogen and oxygen atoms in total. The van der Waals surface area contributed by atoms with Gasteiger partial charge in [-0.05, 0) is 45.9 Å². The van der Waals surface area contributed by atoms with Gasteiger partial charge in [0.05, 0.1) is 10.7 Å². The quantitative estimate of drug-likeness (QED) is 0.844. The summed E-state index contributed by atoms with van der Waals surface area (Å²) in [4.78, 5) is 13.9. The fourth-order valence-corrected chi connectivity index (χ4v) is 2.04. The lowest BCUT2D eigenvalue weighted by Crippen LogP contribution is -2.47. The van der Waals surface area contributed by atoms with Crippen LogP contribution in [0, 0.1) is 0 Å². The number of hydrogen-bond donors (Lipinski definition) is 1. The van der Waals surface area contributed by atoms with Crippen LogP contribution < -0.4 is 5.32 Å². The largest absolute Gasteiger partial charge is 0.322 e. The SMILES string of the molecule is CCN(C(=O)Nc1cc(Cl)ccc1Cl)C(C)(C)C. The molecule has 5 heteroatoms. The minimum Gasteiger partial charge on any atom is -0.320 e. The second-order valence-corrected chi connectivity index (χ2v) is 5.81. The highest BCUT2D eigenvalue weighted by Gasteiger charge is 2.25. The molecule has 0 aliphatic carbocycles. The fraction of sp³-hybridized carbons (Fsp3) is 0.462. The van der Waals surface area contributed by atoms with E-state index in [1.54, 1.807) is 23.1 Å². The van der Waals surface area contributed by atoms with Crippen molar-refractivity contribution in [3.05, 3.63) is 28.2 Å². The van der Waals surface area contributed by atoms with E-state index >= 15 is 0 Å². The van der Waals surface area contributed by atoms with Crippen molar-refractivity contribution in [2.45, 2.75) is 33.2 Å². The molecule has 1 rings (SSSR count). The molecule has 1 aromatic rings. The molecule has 0 aromatic heterocycles. The lowest BCUT2D eigenvalue weighted by atomic mass is 10.1. The number of amides is 2. The van der Waals surface area contributed by atoms with Crippen LogP contribution in [0.5, 0.6) is 0 Å². The van der Waals surface area contributed by atoms with Gasteiger partial charge in [0.1, 0.15) is 0 Å². The molecular weight excluding hydrogens is 271 g/mol. The number of rotatable bonds is 2. The highest BCUT2D eigenvalue weighted by atomic mass is 35.5. The molecule has 0 fully saturated rings. The van der Waals surface area contributed by atoms with Crippen molar-refractivity contribution in [3.63, 3.8) is 0 Å². The van der Waals surface area contributed by atoms with E-state index in [-0.39, 0.29) is 11.6 Å². The number of carbonyl (C=O) groups is 1. The molecule has 1 N–H and O–H groups in total. The maximum absolute atomic E-state index is 12.2. The number of nitrogens with one attached hydrogen (secondary N) is 1. The van der Waals surface area contributed by atoms with Crippen molar-refractivity contribution in [2.75, 3.05) is 11.9 Å². The first kappa shape index (κ1) is 15.1. The Hall–Kier alpha value is -0.930. The van der Waals surface area contributed by atoms with E-state index in [1.165, 1.54) is 0 Å². The average molecular weight is 289 g/mol. The highest BCUT2D eigenvalue weighted by molar-refractivity contribution is 6.35. The zero-order valence-corrected chi connectivity index (χ0v) is 12.6. The number of halogens is 2. The van der Waals surface area contributed by atoms with Crippen LogP contribution in [0.4, 0.5) is 10.5 Å². The molecule has 0 aliphatic rings. The Labute approximate surface area is 118 Å². The number of hydrogen-bond acceptors (Lipinski definition) is 1. The van der Waals surface area contributed by atoms with Crippen molar-refractivity contribution < 1.29 is 4.79 Å². The predicted molar refractivity (Wildman–Crippen MR) is 77.6 cm³/mol. The summed E-state index contributed by atoms with van der Waals surface area (Å²) < 4.78 is 0. The summed E-state index contributed by atoms with van der Waals surface area (Å²) in [5.74, 6) is 0. The third kappa shape index (κ3) is 3.79. The molecule has 0 unspecified atom stereocenters. The third-order valence-electron chi connectivity index (χ3n) is 2.54. The Morgan fingerprint density at radius 1 is 1.33 bits per heavy atom. The van der Waals surface area contributed by atoms with Crippen LogP contribution in [0.2, 0.25) is 10.0 Å². The second-order valence-electron chi connectivity index (χ2n) is 4.97. The maximum atomic E-state index is 12.2. The first-order valence-corrected chi connectivity index (χ1v) is 6.55. The van der Waals surface area contributed by atoms with Crippen LogP contribution in [0.15, 0.2) is 18.2 Å². The Kier molecular flexibility index (Phi) is 4.88. The van der Waals surface area contributed by atoms with Gasteiger partial charge < -0.3 is 10.2 Å². The van der Waals surface area contributed by atoms with Crippen LogP contribution in [-0.2, 0) is 0 Å². The first-order valence-electron chi connectivity index (χ1n) is 5.79. The zero-order valence-electron chi connectivity index (χ0n) is 11.1. The minimum absolute atomic E-state index is 0.186. The van der Waals surface area contributed by atoms with E-state index in [9.17, 15) is 4.79 Å². The topological polar surface area (TPSA) is 32.3 Å². The summed E-state index contributed by atoms with van der Waals surface area (Å²) in [6, 6.07) is 4.79.